The summed E-state index contributed by atoms with van der Waals surface area (Å²) in [5, 5.41) is 0. The molecule has 112 valence electrons. The van der Waals surface area contributed by atoms with Crippen LogP contribution in [0.3, 0.4) is 0 Å². The Labute approximate surface area is 132 Å². The summed E-state index contributed by atoms with van der Waals surface area (Å²) in [7, 11) is 0. The van der Waals surface area contributed by atoms with Crippen LogP contribution in [0.4, 0.5) is 4.39 Å². The van der Waals surface area contributed by atoms with Gasteiger partial charge < -0.3 is 4.74 Å². The Hall–Kier alpha value is -1.43. The van der Waals surface area contributed by atoms with Crippen LogP contribution in [0.1, 0.15) is 31.0 Å². The SMILES string of the molecule is CC(C)Oc1ccccc1C(NN)c1cc(F)cc(Br)c1. The molecule has 0 radical (unpaired) electrons. The van der Waals surface area contributed by atoms with Gasteiger partial charge in [-0.2, -0.15) is 0 Å². The summed E-state index contributed by atoms with van der Waals surface area (Å²) in [5.74, 6) is 6.11. The van der Waals surface area contributed by atoms with Crippen molar-refractivity contribution in [2.75, 3.05) is 0 Å². The van der Waals surface area contributed by atoms with Crippen LogP contribution in [-0.4, -0.2) is 6.10 Å². The minimum atomic E-state index is -0.355. The highest BCUT2D eigenvalue weighted by Crippen LogP contribution is 2.31. The van der Waals surface area contributed by atoms with E-state index < -0.39 is 0 Å². The Balaban J connectivity index is 2.46. The molecule has 0 aromatic heterocycles. The van der Waals surface area contributed by atoms with Crippen LogP contribution in [0, 0.1) is 5.82 Å². The zero-order valence-electron chi connectivity index (χ0n) is 11.9. The number of para-hydroxylation sites is 1. The standard InChI is InChI=1S/C16H18BrFN2O/c1-10(2)21-15-6-4-3-5-14(15)16(20-19)11-7-12(17)9-13(18)8-11/h3-10,16,20H,19H2,1-2H3. The zero-order chi connectivity index (χ0) is 15.4. The van der Waals surface area contributed by atoms with Crippen molar-refractivity contribution in [2.45, 2.75) is 26.0 Å². The summed E-state index contributed by atoms with van der Waals surface area (Å²) in [6.07, 6.45) is 0.0452. The molecule has 0 saturated heterocycles. The first-order chi connectivity index (χ1) is 10.0. The minimum Gasteiger partial charge on any atom is -0.491 e. The third kappa shape index (κ3) is 4.03. The predicted octanol–water partition coefficient (Wildman–Crippen LogP) is 3.93. The highest BCUT2D eigenvalue weighted by atomic mass is 79.9. The van der Waals surface area contributed by atoms with E-state index in [0.717, 1.165) is 16.9 Å². The lowest BCUT2D eigenvalue weighted by Gasteiger charge is -2.22. The third-order valence-corrected chi connectivity index (χ3v) is 3.44. The predicted molar refractivity (Wildman–Crippen MR) is 85.5 cm³/mol. The van der Waals surface area contributed by atoms with Crippen LogP contribution >= 0.6 is 15.9 Å². The molecular formula is C16H18BrFN2O. The Morgan fingerprint density at radius 3 is 2.52 bits per heavy atom. The van der Waals surface area contributed by atoms with Crippen LogP contribution in [-0.2, 0) is 0 Å². The molecule has 0 aliphatic carbocycles. The Morgan fingerprint density at radius 1 is 1.19 bits per heavy atom. The Kier molecular flexibility index (Phi) is 5.33. The number of ether oxygens (including phenoxy) is 1. The molecule has 1 atom stereocenters. The van der Waals surface area contributed by atoms with Crippen molar-refractivity contribution in [3.63, 3.8) is 0 Å². The molecular weight excluding hydrogens is 335 g/mol. The topological polar surface area (TPSA) is 47.3 Å². The molecule has 2 rings (SSSR count). The smallest absolute Gasteiger partial charge is 0.124 e. The van der Waals surface area contributed by atoms with Crippen LogP contribution < -0.4 is 16.0 Å². The lowest BCUT2D eigenvalue weighted by Crippen LogP contribution is -2.29. The van der Waals surface area contributed by atoms with Crippen molar-refractivity contribution in [3.05, 3.63) is 63.9 Å². The van der Waals surface area contributed by atoms with Gasteiger partial charge in [0, 0.05) is 10.0 Å². The molecule has 0 saturated carbocycles. The van der Waals surface area contributed by atoms with Crippen LogP contribution in [0.5, 0.6) is 5.75 Å². The summed E-state index contributed by atoms with van der Waals surface area (Å²) in [6.45, 7) is 3.92. The van der Waals surface area contributed by atoms with Crippen molar-refractivity contribution in [2.24, 2.45) is 5.84 Å². The first-order valence-electron chi connectivity index (χ1n) is 6.69. The second-order valence-corrected chi connectivity index (χ2v) is 5.92. The number of rotatable bonds is 5. The monoisotopic (exact) mass is 352 g/mol. The molecule has 3 nitrogen and oxygen atoms in total. The zero-order valence-corrected chi connectivity index (χ0v) is 13.5. The van der Waals surface area contributed by atoms with Gasteiger partial charge in [0.05, 0.1) is 12.1 Å². The molecule has 2 aromatic rings. The molecule has 0 amide bonds. The summed E-state index contributed by atoms with van der Waals surface area (Å²) < 4.78 is 20.1. The molecule has 3 N–H and O–H groups in total. The largest absolute Gasteiger partial charge is 0.491 e. The lowest BCUT2D eigenvalue weighted by atomic mass is 9.98. The van der Waals surface area contributed by atoms with Gasteiger partial charge in [-0.25, -0.2) is 9.82 Å². The van der Waals surface area contributed by atoms with Gasteiger partial charge in [-0.05, 0) is 43.7 Å². The number of benzene rings is 2. The summed E-state index contributed by atoms with van der Waals surface area (Å²) in [4.78, 5) is 0. The van der Waals surface area contributed by atoms with Crippen LogP contribution in [0.2, 0.25) is 0 Å². The van der Waals surface area contributed by atoms with Gasteiger partial charge >= 0.3 is 0 Å². The molecule has 0 aliphatic rings. The van der Waals surface area contributed by atoms with E-state index >= 15 is 0 Å². The van der Waals surface area contributed by atoms with Crippen LogP contribution in [0.15, 0.2) is 46.9 Å². The van der Waals surface area contributed by atoms with Crippen molar-refractivity contribution >= 4 is 15.9 Å². The molecule has 5 heteroatoms. The number of hydrogen-bond acceptors (Lipinski definition) is 3. The molecule has 0 fully saturated rings. The highest BCUT2D eigenvalue weighted by molar-refractivity contribution is 9.10. The van der Waals surface area contributed by atoms with E-state index in [2.05, 4.69) is 21.4 Å². The van der Waals surface area contributed by atoms with E-state index in [1.807, 2.05) is 44.2 Å². The van der Waals surface area contributed by atoms with E-state index in [4.69, 9.17) is 10.6 Å². The summed E-state index contributed by atoms with van der Waals surface area (Å²) in [6, 6.07) is 12.0. The van der Waals surface area contributed by atoms with Gasteiger partial charge in [-0.15, -0.1) is 0 Å². The number of hydrogen-bond donors (Lipinski definition) is 2. The van der Waals surface area contributed by atoms with Gasteiger partial charge in [0.2, 0.25) is 0 Å². The molecule has 0 bridgehead atoms. The fourth-order valence-electron chi connectivity index (χ4n) is 2.19. The quantitative estimate of drug-likeness (QED) is 0.633. The van der Waals surface area contributed by atoms with Crippen molar-refractivity contribution in [1.29, 1.82) is 0 Å². The molecule has 0 aliphatic heterocycles. The molecule has 0 spiro atoms. The number of nitrogens with one attached hydrogen (secondary N) is 1. The van der Waals surface area contributed by atoms with E-state index in [1.54, 1.807) is 0 Å². The summed E-state index contributed by atoms with van der Waals surface area (Å²) in [5.41, 5.74) is 4.33. The van der Waals surface area contributed by atoms with Crippen molar-refractivity contribution in [1.82, 2.24) is 5.43 Å². The number of hydrazine groups is 1. The molecule has 21 heavy (non-hydrogen) atoms. The summed E-state index contributed by atoms with van der Waals surface area (Å²) >= 11 is 3.30. The third-order valence-electron chi connectivity index (χ3n) is 2.98. The highest BCUT2D eigenvalue weighted by Gasteiger charge is 2.18. The number of nitrogens with two attached hydrogens (primary N) is 1. The average molecular weight is 353 g/mol. The minimum absolute atomic E-state index is 0.0452. The second-order valence-electron chi connectivity index (χ2n) is 5.01. The van der Waals surface area contributed by atoms with Crippen molar-refractivity contribution < 1.29 is 9.13 Å². The van der Waals surface area contributed by atoms with Gasteiger partial charge in [-0.3, -0.25) is 5.84 Å². The van der Waals surface area contributed by atoms with Gasteiger partial charge in [0.15, 0.2) is 0 Å². The molecule has 1 unspecified atom stereocenters. The maximum atomic E-state index is 13.6. The first kappa shape index (κ1) is 15.9. The van der Waals surface area contributed by atoms with Gasteiger partial charge in [0.1, 0.15) is 11.6 Å². The van der Waals surface area contributed by atoms with E-state index in [0.29, 0.717) is 4.47 Å². The van der Waals surface area contributed by atoms with Gasteiger partial charge in [-0.1, -0.05) is 34.1 Å². The maximum Gasteiger partial charge on any atom is 0.124 e. The fraction of sp³-hybridized carbons (Fsp3) is 0.250. The van der Waals surface area contributed by atoms with Crippen molar-refractivity contribution in [3.8, 4) is 5.75 Å². The molecule has 2 aromatic carbocycles. The maximum absolute atomic E-state index is 13.6. The molecule has 0 heterocycles. The van der Waals surface area contributed by atoms with Gasteiger partial charge in [0.25, 0.3) is 0 Å². The van der Waals surface area contributed by atoms with E-state index in [9.17, 15) is 4.39 Å². The Bertz CT molecular complexity index is 599. The second kappa shape index (κ2) is 7.02. The first-order valence-corrected chi connectivity index (χ1v) is 7.48. The lowest BCUT2D eigenvalue weighted by molar-refractivity contribution is 0.238. The van der Waals surface area contributed by atoms with E-state index in [1.165, 1.54) is 12.1 Å². The van der Waals surface area contributed by atoms with E-state index in [-0.39, 0.29) is 18.0 Å². The average Bonchev–Trinajstić information content (AvgIpc) is 2.40. The Morgan fingerprint density at radius 2 is 1.90 bits per heavy atom. The number of halogens is 2. The normalized spacial score (nSPS) is 12.5. The van der Waals surface area contributed by atoms with Crippen LogP contribution in [0.25, 0.3) is 0 Å². The fourth-order valence-corrected chi connectivity index (χ4v) is 2.67.